The second kappa shape index (κ2) is 5.01. The van der Waals surface area contributed by atoms with Crippen LogP contribution >= 0.6 is 12.2 Å². The van der Waals surface area contributed by atoms with Crippen molar-refractivity contribution in [2.75, 3.05) is 14.2 Å². The highest BCUT2D eigenvalue weighted by Crippen LogP contribution is 2.24. The fourth-order valence-electron chi connectivity index (χ4n) is 1.54. The second-order valence-electron chi connectivity index (χ2n) is 3.41. The van der Waals surface area contributed by atoms with Gasteiger partial charge < -0.3 is 9.47 Å². The third kappa shape index (κ3) is 2.12. The van der Waals surface area contributed by atoms with E-state index < -0.39 is 5.97 Å². The molecule has 0 unspecified atom stereocenters. The molecule has 6 nitrogen and oxygen atoms in total. The summed E-state index contributed by atoms with van der Waals surface area (Å²) < 4.78 is 11.9. The standard InChI is InChI=1S/C11H11N3O3S/c1-16-9-4-3-7(10(15)17-2)5-8(9)14-6-12-13-11(14)18/h3-6H,1-2H3,(H,13,18). The van der Waals surface area contributed by atoms with Gasteiger partial charge in [0.2, 0.25) is 0 Å². The summed E-state index contributed by atoms with van der Waals surface area (Å²) in [6, 6.07) is 4.93. The molecule has 94 valence electrons. The SMILES string of the molecule is COC(=O)c1ccc(OC)c(-n2cn[nH]c2=S)c1. The summed E-state index contributed by atoms with van der Waals surface area (Å²) in [4.78, 5) is 11.5. The first kappa shape index (κ1) is 12.3. The van der Waals surface area contributed by atoms with Gasteiger partial charge in [0.05, 0.1) is 25.5 Å². The number of carbonyl (C=O) groups is 1. The van der Waals surface area contributed by atoms with E-state index in [0.717, 1.165) is 0 Å². The van der Waals surface area contributed by atoms with E-state index in [-0.39, 0.29) is 0 Å². The van der Waals surface area contributed by atoms with Crippen LogP contribution in [0.2, 0.25) is 0 Å². The Morgan fingerprint density at radius 2 is 2.22 bits per heavy atom. The molecule has 0 aliphatic rings. The van der Waals surface area contributed by atoms with E-state index in [0.29, 0.717) is 21.8 Å². The molecule has 1 N–H and O–H groups in total. The molecule has 18 heavy (non-hydrogen) atoms. The highest BCUT2D eigenvalue weighted by atomic mass is 32.1. The number of nitrogens with one attached hydrogen (secondary N) is 1. The molecule has 0 aliphatic heterocycles. The quantitative estimate of drug-likeness (QED) is 0.676. The summed E-state index contributed by atoms with van der Waals surface area (Å²) in [6.07, 6.45) is 1.52. The van der Waals surface area contributed by atoms with Crippen LogP contribution in [0, 0.1) is 4.77 Å². The summed E-state index contributed by atoms with van der Waals surface area (Å²) in [5.74, 6) is 0.161. The zero-order valence-electron chi connectivity index (χ0n) is 9.84. The number of nitrogens with zero attached hydrogens (tertiary/aromatic N) is 2. The number of benzene rings is 1. The molecule has 0 radical (unpaired) electrons. The van der Waals surface area contributed by atoms with E-state index in [1.807, 2.05) is 0 Å². The van der Waals surface area contributed by atoms with E-state index in [1.54, 1.807) is 29.9 Å². The Morgan fingerprint density at radius 3 is 2.78 bits per heavy atom. The zero-order valence-corrected chi connectivity index (χ0v) is 10.7. The second-order valence-corrected chi connectivity index (χ2v) is 3.80. The van der Waals surface area contributed by atoms with Crippen LogP contribution in [0.4, 0.5) is 0 Å². The molecule has 1 heterocycles. The van der Waals surface area contributed by atoms with Crippen LogP contribution in [0.1, 0.15) is 10.4 Å². The molecule has 0 atom stereocenters. The fourth-order valence-corrected chi connectivity index (χ4v) is 1.74. The number of H-pyrrole nitrogens is 1. The summed E-state index contributed by atoms with van der Waals surface area (Å²) in [5, 5.41) is 6.47. The molecular formula is C11H11N3O3S. The van der Waals surface area contributed by atoms with Gasteiger partial charge in [-0.2, -0.15) is 5.10 Å². The Labute approximate surface area is 108 Å². The van der Waals surface area contributed by atoms with Gasteiger partial charge in [-0.25, -0.2) is 4.79 Å². The van der Waals surface area contributed by atoms with E-state index in [2.05, 4.69) is 14.9 Å². The van der Waals surface area contributed by atoms with Crippen molar-refractivity contribution in [3.05, 3.63) is 34.9 Å². The van der Waals surface area contributed by atoms with Gasteiger partial charge in [0.25, 0.3) is 0 Å². The molecule has 0 saturated carbocycles. The van der Waals surface area contributed by atoms with Crippen molar-refractivity contribution in [1.82, 2.24) is 14.8 Å². The molecular weight excluding hydrogens is 254 g/mol. The minimum atomic E-state index is -0.422. The maximum Gasteiger partial charge on any atom is 0.337 e. The summed E-state index contributed by atoms with van der Waals surface area (Å²) in [6.45, 7) is 0. The predicted octanol–water partition coefficient (Wildman–Crippen LogP) is 1.73. The van der Waals surface area contributed by atoms with Gasteiger partial charge in [0, 0.05) is 0 Å². The van der Waals surface area contributed by atoms with Gasteiger partial charge in [-0.05, 0) is 30.4 Å². The number of carbonyl (C=O) groups excluding carboxylic acids is 1. The van der Waals surface area contributed by atoms with Crippen molar-refractivity contribution in [2.45, 2.75) is 0 Å². The predicted molar refractivity (Wildman–Crippen MR) is 66.6 cm³/mol. The van der Waals surface area contributed by atoms with Gasteiger partial charge in [-0.3, -0.25) is 9.67 Å². The van der Waals surface area contributed by atoms with Crippen LogP contribution in [0.3, 0.4) is 0 Å². The molecule has 1 aromatic heterocycles. The van der Waals surface area contributed by atoms with Crippen molar-refractivity contribution >= 4 is 18.2 Å². The highest BCUT2D eigenvalue weighted by Gasteiger charge is 2.12. The largest absolute Gasteiger partial charge is 0.495 e. The number of esters is 1. The molecule has 7 heteroatoms. The third-order valence-corrected chi connectivity index (χ3v) is 2.70. The Hall–Kier alpha value is -2.15. The lowest BCUT2D eigenvalue weighted by Gasteiger charge is -2.10. The molecule has 0 spiro atoms. The Morgan fingerprint density at radius 1 is 1.44 bits per heavy atom. The van der Waals surface area contributed by atoms with Crippen LogP contribution in [0.25, 0.3) is 5.69 Å². The van der Waals surface area contributed by atoms with Crippen molar-refractivity contribution in [3.63, 3.8) is 0 Å². The molecule has 0 fully saturated rings. The average Bonchev–Trinajstić information content (AvgIpc) is 2.83. The third-order valence-electron chi connectivity index (χ3n) is 2.41. The number of hydrogen-bond donors (Lipinski definition) is 1. The smallest absolute Gasteiger partial charge is 0.337 e. The fraction of sp³-hybridized carbons (Fsp3) is 0.182. The number of ether oxygens (including phenoxy) is 2. The summed E-state index contributed by atoms with van der Waals surface area (Å²) in [5.41, 5.74) is 1.04. The highest BCUT2D eigenvalue weighted by molar-refractivity contribution is 7.71. The first-order valence-corrected chi connectivity index (χ1v) is 5.47. The maximum absolute atomic E-state index is 11.5. The number of methoxy groups -OCH3 is 2. The summed E-state index contributed by atoms with van der Waals surface area (Å²) >= 11 is 5.09. The number of aromatic nitrogens is 3. The van der Waals surface area contributed by atoms with Crippen LogP contribution in [0.15, 0.2) is 24.5 Å². The number of rotatable bonds is 3. The van der Waals surface area contributed by atoms with Gasteiger partial charge in [0.15, 0.2) is 4.77 Å². The number of hydrogen-bond acceptors (Lipinski definition) is 5. The van der Waals surface area contributed by atoms with E-state index in [1.165, 1.54) is 13.4 Å². The minimum Gasteiger partial charge on any atom is -0.495 e. The lowest BCUT2D eigenvalue weighted by Crippen LogP contribution is -2.04. The topological polar surface area (TPSA) is 69.1 Å². The number of aromatic amines is 1. The van der Waals surface area contributed by atoms with Crippen molar-refractivity contribution in [3.8, 4) is 11.4 Å². The lowest BCUT2D eigenvalue weighted by molar-refractivity contribution is 0.0600. The van der Waals surface area contributed by atoms with E-state index in [4.69, 9.17) is 17.0 Å². The Bertz CT molecular complexity index is 632. The zero-order chi connectivity index (χ0) is 13.1. The van der Waals surface area contributed by atoms with Crippen LogP contribution < -0.4 is 4.74 Å². The van der Waals surface area contributed by atoms with Crippen LogP contribution in [-0.2, 0) is 4.74 Å². The molecule has 0 amide bonds. The van der Waals surface area contributed by atoms with Gasteiger partial charge in [-0.1, -0.05) is 0 Å². The van der Waals surface area contributed by atoms with Crippen molar-refractivity contribution in [2.24, 2.45) is 0 Å². The van der Waals surface area contributed by atoms with E-state index >= 15 is 0 Å². The molecule has 1 aromatic carbocycles. The van der Waals surface area contributed by atoms with Gasteiger partial charge in [0.1, 0.15) is 12.1 Å². The van der Waals surface area contributed by atoms with Gasteiger partial charge in [-0.15, -0.1) is 0 Å². The Kier molecular flexibility index (Phi) is 3.42. The first-order valence-electron chi connectivity index (χ1n) is 5.06. The van der Waals surface area contributed by atoms with Gasteiger partial charge >= 0.3 is 5.97 Å². The molecule has 0 saturated heterocycles. The average molecular weight is 265 g/mol. The Balaban J connectivity index is 2.60. The van der Waals surface area contributed by atoms with E-state index in [9.17, 15) is 4.79 Å². The molecule has 2 rings (SSSR count). The molecule has 0 aliphatic carbocycles. The molecule has 2 aromatic rings. The van der Waals surface area contributed by atoms with Crippen LogP contribution in [-0.4, -0.2) is 35.0 Å². The maximum atomic E-state index is 11.5. The monoisotopic (exact) mass is 265 g/mol. The van der Waals surface area contributed by atoms with Crippen molar-refractivity contribution in [1.29, 1.82) is 0 Å². The molecule has 0 bridgehead atoms. The van der Waals surface area contributed by atoms with Crippen LogP contribution in [0.5, 0.6) is 5.75 Å². The summed E-state index contributed by atoms with van der Waals surface area (Å²) in [7, 11) is 2.87. The van der Waals surface area contributed by atoms with Crippen molar-refractivity contribution < 1.29 is 14.3 Å². The minimum absolute atomic E-state index is 0.412. The first-order chi connectivity index (χ1) is 8.67. The lowest BCUT2D eigenvalue weighted by atomic mass is 10.2. The normalized spacial score (nSPS) is 10.1.